The van der Waals surface area contributed by atoms with E-state index in [1.807, 2.05) is 0 Å². The van der Waals surface area contributed by atoms with Crippen LogP contribution in [-0.4, -0.2) is 15.9 Å². The number of aromatic nitrogens is 2. The number of carbonyl (C=O) groups is 1. The van der Waals surface area contributed by atoms with Crippen LogP contribution in [0.5, 0.6) is 0 Å². The fraction of sp³-hybridized carbons (Fsp3) is 0.214. The van der Waals surface area contributed by atoms with Gasteiger partial charge >= 0.3 is 0 Å². The van der Waals surface area contributed by atoms with Crippen molar-refractivity contribution in [1.29, 1.82) is 0 Å². The maximum atomic E-state index is 13.1. The number of halogens is 2. The quantitative estimate of drug-likeness (QED) is 0.936. The highest BCUT2D eigenvalue weighted by molar-refractivity contribution is 5.94. The molecule has 4 nitrogen and oxygen atoms in total. The molecule has 0 bridgehead atoms. The average molecular weight is 275 g/mol. The molecule has 3 rings (SSSR count). The van der Waals surface area contributed by atoms with Crippen molar-refractivity contribution in [3.63, 3.8) is 0 Å². The van der Waals surface area contributed by atoms with E-state index in [1.54, 1.807) is 0 Å². The molecule has 1 aromatic heterocycles. The molecular weight excluding hydrogens is 264 g/mol. The number of nitrogens with zero attached hydrogens (tertiary/aromatic N) is 2. The highest BCUT2D eigenvalue weighted by Crippen LogP contribution is 2.48. The van der Waals surface area contributed by atoms with Crippen LogP contribution in [0.4, 0.5) is 14.6 Å². The number of amides is 1. The minimum absolute atomic E-state index is 0.0678. The summed E-state index contributed by atoms with van der Waals surface area (Å²) in [5.74, 6) is -1.87. The molecule has 0 radical (unpaired) electrons. The van der Waals surface area contributed by atoms with Crippen LogP contribution in [0.25, 0.3) is 0 Å². The lowest BCUT2D eigenvalue weighted by molar-refractivity contribution is -0.117. The van der Waals surface area contributed by atoms with Crippen molar-refractivity contribution in [2.24, 2.45) is 5.92 Å². The van der Waals surface area contributed by atoms with Crippen LogP contribution in [0.2, 0.25) is 0 Å². The predicted octanol–water partition coefficient (Wildman–Crippen LogP) is 2.50. The monoisotopic (exact) mass is 275 g/mol. The molecule has 0 saturated heterocycles. The van der Waals surface area contributed by atoms with Crippen molar-refractivity contribution in [2.75, 3.05) is 5.32 Å². The standard InChI is InChI=1S/C14H11F2N3O/c15-11-2-1-8(5-12(11)16)9-6-10(9)14(20)19-13-7-17-3-4-18-13/h1-5,7,9-10H,6H2,(H,18,19,20). The van der Waals surface area contributed by atoms with Crippen molar-refractivity contribution in [1.82, 2.24) is 9.97 Å². The van der Waals surface area contributed by atoms with E-state index in [9.17, 15) is 13.6 Å². The third-order valence-electron chi connectivity index (χ3n) is 3.31. The number of nitrogens with one attached hydrogen (secondary N) is 1. The second-order valence-electron chi connectivity index (χ2n) is 4.70. The predicted molar refractivity (Wildman–Crippen MR) is 67.9 cm³/mol. The van der Waals surface area contributed by atoms with Crippen molar-refractivity contribution in [2.45, 2.75) is 12.3 Å². The van der Waals surface area contributed by atoms with Gasteiger partial charge in [0.15, 0.2) is 17.5 Å². The Morgan fingerprint density at radius 1 is 1.25 bits per heavy atom. The Morgan fingerprint density at radius 3 is 2.80 bits per heavy atom. The van der Waals surface area contributed by atoms with Crippen LogP contribution >= 0.6 is 0 Å². The fourth-order valence-electron chi connectivity index (χ4n) is 2.18. The maximum absolute atomic E-state index is 13.1. The second-order valence-corrected chi connectivity index (χ2v) is 4.70. The van der Waals surface area contributed by atoms with Crippen LogP contribution < -0.4 is 5.32 Å². The number of rotatable bonds is 3. The summed E-state index contributed by atoms with van der Waals surface area (Å²) < 4.78 is 26.0. The van der Waals surface area contributed by atoms with E-state index >= 15 is 0 Å². The summed E-state index contributed by atoms with van der Waals surface area (Å²) in [6.45, 7) is 0. The molecule has 2 aromatic rings. The zero-order valence-electron chi connectivity index (χ0n) is 10.4. The van der Waals surface area contributed by atoms with Crippen LogP contribution in [-0.2, 0) is 4.79 Å². The van der Waals surface area contributed by atoms with E-state index in [1.165, 1.54) is 24.7 Å². The first-order chi connectivity index (χ1) is 9.65. The molecule has 2 unspecified atom stereocenters. The molecule has 1 fully saturated rings. The van der Waals surface area contributed by atoms with Gasteiger partial charge in [0.1, 0.15) is 0 Å². The van der Waals surface area contributed by atoms with Gasteiger partial charge in [-0.05, 0) is 30.0 Å². The number of hydrogen-bond acceptors (Lipinski definition) is 3. The summed E-state index contributed by atoms with van der Waals surface area (Å²) in [4.78, 5) is 19.8. The highest BCUT2D eigenvalue weighted by atomic mass is 19.2. The molecule has 20 heavy (non-hydrogen) atoms. The molecule has 2 atom stereocenters. The third-order valence-corrected chi connectivity index (χ3v) is 3.31. The van der Waals surface area contributed by atoms with Gasteiger partial charge in [0.2, 0.25) is 5.91 Å². The first kappa shape index (κ1) is 12.7. The van der Waals surface area contributed by atoms with E-state index in [2.05, 4.69) is 15.3 Å². The minimum Gasteiger partial charge on any atom is -0.309 e. The van der Waals surface area contributed by atoms with Crippen molar-refractivity contribution in [3.8, 4) is 0 Å². The molecule has 1 saturated carbocycles. The average Bonchev–Trinajstić information content (AvgIpc) is 3.23. The number of anilines is 1. The molecule has 102 valence electrons. The first-order valence-electron chi connectivity index (χ1n) is 6.17. The number of hydrogen-bond donors (Lipinski definition) is 1. The van der Waals surface area contributed by atoms with Gasteiger partial charge in [-0.2, -0.15) is 0 Å². The van der Waals surface area contributed by atoms with Crippen molar-refractivity contribution < 1.29 is 13.6 Å². The molecule has 6 heteroatoms. The van der Waals surface area contributed by atoms with Crippen LogP contribution in [0.3, 0.4) is 0 Å². The van der Waals surface area contributed by atoms with Crippen molar-refractivity contribution in [3.05, 3.63) is 54.0 Å². The molecule has 0 aliphatic heterocycles. The Morgan fingerprint density at radius 2 is 2.10 bits per heavy atom. The van der Waals surface area contributed by atoms with Gasteiger partial charge in [0, 0.05) is 18.3 Å². The van der Waals surface area contributed by atoms with Gasteiger partial charge in [-0.15, -0.1) is 0 Å². The lowest BCUT2D eigenvalue weighted by atomic mass is 10.1. The van der Waals surface area contributed by atoms with Gasteiger partial charge in [0.25, 0.3) is 0 Å². The Hall–Kier alpha value is -2.37. The first-order valence-corrected chi connectivity index (χ1v) is 6.17. The normalized spacial score (nSPS) is 20.5. The summed E-state index contributed by atoms with van der Waals surface area (Å²) in [6.07, 6.45) is 5.07. The van der Waals surface area contributed by atoms with E-state index in [0.29, 0.717) is 17.8 Å². The molecule has 1 aliphatic carbocycles. The molecule has 1 aromatic carbocycles. The Labute approximate surface area is 113 Å². The van der Waals surface area contributed by atoms with Gasteiger partial charge < -0.3 is 5.32 Å². The molecule has 1 amide bonds. The molecule has 1 N–H and O–H groups in total. The largest absolute Gasteiger partial charge is 0.309 e. The topological polar surface area (TPSA) is 54.9 Å². The van der Waals surface area contributed by atoms with Gasteiger partial charge in [-0.3, -0.25) is 9.78 Å². The van der Waals surface area contributed by atoms with E-state index in [4.69, 9.17) is 0 Å². The van der Waals surface area contributed by atoms with Gasteiger partial charge in [0.05, 0.1) is 6.20 Å². The Bertz CT molecular complexity index is 648. The summed E-state index contributed by atoms with van der Waals surface area (Å²) in [5.41, 5.74) is 0.642. The van der Waals surface area contributed by atoms with Crippen LogP contribution in [0, 0.1) is 17.6 Å². The highest BCUT2D eigenvalue weighted by Gasteiger charge is 2.44. The molecule has 0 spiro atoms. The fourth-order valence-corrected chi connectivity index (χ4v) is 2.18. The lowest BCUT2D eigenvalue weighted by Crippen LogP contribution is -2.15. The minimum atomic E-state index is -0.887. The van der Waals surface area contributed by atoms with Gasteiger partial charge in [-0.25, -0.2) is 13.8 Å². The summed E-state index contributed by atoms with van der Waals surface area (Å²) in [5, 5.41) is 2.65. The summed E-state index contributed by atoms with van der Waals surface area (Å²) in [7, 11) is 0. The number of benzene rings is 1. The van der Waals surface area contributed by atoms with Gasteiger partial charge in [-0.1, -0.05) is 6.07 Å². The molecular formula is C14H11F2N3O. The second kappa shape index (κ2) is 4.96. The maximum Gasteiger partial charge on any atom is 0.229 e. The molecule has 1 heterocycles. The summed E-state index contributed by atoms with van der Waals surface area (Å²) >= 11 is 0. The van der Waals surface area contributed by atoms with E-state index in [-0.39, 0.29) is 17.7 Å². The van der Waals surface area contributed by atoms with E-state index < -0.39 is 11.6 Å². The van der Waals surface area contributed by atoms with Crippen molar-refractivity contribution >= 4 is 11.7 Å². The Kier molecular flexibility index (Phi) is 3.14. The van der Waals surface area contributed by atoms with Crippen LogP contribution in [0.1, 0.15) is 17.9 Å². The van der Waals surface area contributed by atoms with Crippen LogP contribution in [0.15, 0.2) is 36.8 Å². The molecule has 1 aliphatic rings. The lowest BCUT2D eigenvalue weighted by Gasteiger charge is -2.03. The SMILES string of the molecule is O=C(Nc1cnccn1)C1CC1c1ccc(F)c(F)c1. The van der Waals surface area contributed by atoms with E-state index in [0.717, 1.165) is 12.1 Å². The zero-order chi connectivity index (χ0) is 14.1. The Balaban J connectivity index is 1.66. The smallest absolute Gasteiger partial charge is 0.229 e. The third kappa shape index (κ3) is 2.49. The zero-order valence-corrected chi connectivity index (χ0v) is 10.4. The number of carbonyl (C=O) groups excluding carboxylic acids is 1. The summed E-state index contributed by atoms with van der Waals surface area (Å²) in [6, 6.07) is 3.74.